The van der Waals surface area contributed by atoms with Gasteiger partial charge in [0.1, 0.15) is 0 Å². The van der Waals surface area contributed by atoms with Crippen LogP contribution in [0, 0.1) is 6.92 Å². The number of fused-ring (bicyclic) bond motifs is 3. The van der Waals surface area contributed by atoms with E-state index in [1.165, 1.54) is 0 Å². The number of nitrogens with zero attached hydrogens (tertiary/aromatic N) is 3. The second-order valence-electron chi connectivity index (χ2n) is 7.82. The van der Waals surface area contributed by atoms with Crippen LogP contribution in [0.5, 0.6) is 0 Å². The number of hydrogen-bond donors (Lipinski definition) is 1. The molecule has 1 aliphatic heterocycles. The molecule has 0 saturated heterocycles. The zero-order valence-electron chi connectivity index (χ0n) is 17.8. The van der Waals surface area contributed by atoms with E-state index in [2.05, 4.69) is 10.4 Å². The van der Waals surface area contributed by atoms with Gasteiger partial charge in [0.15, 0.2) is 0 Å². The standard InChI is InChI=1S/C25H22N4O2S/c1-16-20(12-14-32-16)24(30)26-19-9-7-17(8-10-19)25(31)29-13-11-18-15-28(2)27-23(18)21-5-3-4-6-22(21)29/h3-10,12,14-15H,11,13H2,1-2H3,(H,26,30). The maximum Gasteiger partial charge on any atom is 0.258 e. The molecule has 3 heterocycles. The molecule has 5 rings (SSSR count). The molecular weight excluding hydrogens is 420 g/mol. The van der Waals surface area contributed by atoms with E-state index in [0.717, 1.165) is 33.8 Å². The summed E-state index contributed by atoms with van der Waals surface area (Å²) in [5, 5.41) is 9.43. The van der Waals surface area contributed by atoms with Crippen molar-refractivity contribution in [2.45, 2.75) is 13.3 Å². The third-order valence-corrected chi connectivity index (χ3v) is 6.54. The molecule has 0 bridgehead atoms. The number of benzene rings is 2. The van der Waals surface area contributed by atoms with Crippen molar-refractivity contribution in [3.05, 3.63) is 87.7 Å². The Morgan fingerprint density at radius 1 is 1.06 bits per heavy atom. The third kappa shape index (κ3) is 3.61. The summed E-state index contributed by atoms with van der Waals surface area (Å²) in [6.45, 7) is 2.50. The summed E-state index contributed by atoms with van der Waals surface area (Å²) in [5.74, 6) is -0.214. The number of para-hydroxylation sites is 1. The number of anilines is 2. The van der Waals surface area contributed by atoms with Gasteiger partial charge < -0.3 is 10.2 Å². The molecule has 2 aromatic carbocycles. The average Bonchev–Trinajstić information content (AvgIpc) is 3.36. The van der Waals surface area contributed by atoms with Crippen LogP contribution >= 0.6 is 11.3 Å². The SMILES string of the molecule is Cc1sccc1C(=O)Nc1ccc(C(=O)N2CCc3cn(C)nc3-c3ccccc32)cc1. The second-order valence-corrected chi connectivity index (χ2v) is 8.94. The predicted molar refractivity (Wildman–Crippen MR) is 127 cm³/mol. The van der Waals surface area contributed by atoms with Crippen molar-refractivity contribution < 1.29 is 9.59 Å². The van der Waals surface area contributed by atoms with E-state index in [0.29, 0.717) is 23.4 Å². The van der Waals surface area contributed by atoms with Gasteiger partial charge in [0.25, 0.3) is 11.8 Å². The minimum atomic E-state index is -0.144. The monoisotopic (exact) mass is 442 g/mol. The van der Waals surface area contributed by atoms with Crippen LogP contribution in [0.3, 0.4) is 0 Å². The largest absolute Gasteiger partial charge is 0.322 e. The van der Waals surface area contributed by atoms with Gasteiger partial charge in [-0.1, -0.05) is 18.2 Å². The Balaban J connectivity index is 1.39. The van der Waals surface area contributed by atoms with E-state index in [-0.39, 0.29) is 11.8 Å². The summed E-state index contributed by atoms with van der Waals surface area (Å²) in [4.78, 5) is 28.7. The topological polar surface area (TPSA) is 67.2 Å². The Kier molecular flexibility index (Phi) is 5.11. The number of aromatic nitrogens is 2. The molecule has 0 fully saturated rings. The molecule has 0 atom stereocenters. The molecule has 0 radical (unpaired) electrons. The molecule has 0 saturated carbocycles. The summed E-state index contributed by atoms with van der Waals surface area (Å²) < 4.78 is 1.82. The Hall–Kier alpha value is -3.71. The van der Waals surface area contributed by atoms with E-state index in [4.69, 9.17) is 0 Å². The summed E-state index contributed by atoms with van der Waals surface area (Å²) >= 11 is 1.54. The van der Waals surface area contributed by atoms with Gasteiger partial charge in [-0.2, -0.15) is 5.10 Å². The Morgan fingerprint density at radius 2 is 1.84 bits per heavy atom. The van der Waals surface area contributed by atoms with Crippen LogP contribution < -0.4 is 10.2 Å². The Morgan fingerprint density at radius 3 is 2.59 bits per heavy atom. The molecule has 160 valence electrons. The van der Waals surface area contributed by atoms with Crippen molar-refractivity contribution in [3.63, 3.8) is 0 Å². The molecule has 32 heavy (non-hydrogen) atoms. The number of carbonyl (C=O) groups excluding carboxylic acids is 2. The van der Waals surface area contributed by atoms with Crippen LogP contribution in [0.15, 0.2) is 66.2 Å². The van der Waals surface area contributed by atoms with Crippen LogP contribution in [0.1, 0.15) is 31.2 Å². The fourth-order valence-corrected chi connectivity index (χ4v) is 4.79. The van der Waals surface area contributed by atoms with Gasteiger partial charge in [-0.3, -0.25) is 14.3 Å². The second kappa shape index (κ2) is 8.09. The highest BCUT2D eigenvalue weighted by Crippen LogP contribution is 2.36. The smallest absolute Gasteiger partial charge is 0.258 e. The van der Waals surface area contributed by atoms with Crippen LogP contribution in [0.4, 0.5) is 11.4 Å². The highest BCUT2D eigenvalue weighted by molar-refractivity contribution is 7.10. The lowest BCUT2D eigenvalue weighted by Crippen LogP contribution is -2.32. The summed E-state index contributed by atoms with van der Waals surface area (Å²) in [6.07, 6.45) is 2.75. The van der Waals surface area contributed by atoms with Crippen molar-refractivity contribution in [2.24, 2.45) is 7.05 Å². The first-order valence-corrected chi connectivity index (χ1v) is 11.3. The van der Waals surface area contributed by atoms with Crippen LogP contribution in [0.2, 0.25) is 0 Å². The maximum absolute atomic E-state index is 13.4. The number of aryl methyl sites for hydroxylation is 2. The van der Waals surface area contributed by atoms with E-state index in [1.54, 1.807) is 35.6 Å². The summed E-state index contributed by atoms with van der Waals surface area (Å²) in [5.41, 5.74) is 5.79. The minimum absolute atomic E-state index is 0.0708. The number of carbonyl (C=O) groups is 2. The van der Waals surface area contributed by atoms with Gasteiger partial charge in [-0.15, -0.1) is 11.3 Å². The quantitative estimate of drug-likeness (QED) is 0.490. The zero-order valence-corrected chi connectivity index (χ0v) is 18.6. The lowest BCUT2D eigenvalue weighted by atomic mass is 10.1. The fourth-order valence-electron chi connectivity index (χ4n) is 4.09. The molecule has 0 spiro atoms. The highest BCUT2D eigenvalue weighted by atomic mass is 32.1. The van der Waals surface area contributed by atoms with E-state index in [1.807, 2.05) is 65.5 Å². The molecule has 0 aliphatic carbocycles. The minimum Gasteiger partial charge on any atom is -0.322 e. The lowest BCUT2D eigenvalue weighted by Gasteiger charge is -2.23. The Labute approximate surface area is 190 Å². The van der Waals surface area contributed by atoms with E-state index < -0.39 is 0 Å². The molecule has 4 aromatic rings. The molecule has 2 aromatic heterocycles. The van der Waals surface area contributed by atoms with Gasteiger partial charge in [-0.05, 0) is 60.7 Å². The van der Waals surface area contributed by atoms with Crippen molar-refractivity contribution in [2.75, 3.05) is 16.8 Å². The molecular formula is C25H22N4O2S. The van der Waals surface area contributed by atoms with Gasteiger partial charge in [0.05, 0.1) is 16.9 Å². The van der Waals surface area contributed by atoms with Gasteiger partial charge >= 0.3 is 0 Å². The average molecular weight is 443 g/mol. The molecule has 6 nitrogen and oxygen atoms in total. The lowest BCUT2D eigenvalue weighted by molar-refractivity contribution is 0.0986. The number of amides is 2. The van der Waals surface area contributed by atoms with Crippen LogP contribution in [-0.2, 0) is 13.5 Å². The molecule has 1 aliphatic rings. The van der Waals surface area contributed by atoms with Gasteiger partial charge in [-0.25, -0.2) is 0 Å². The molecule has 0 unspecified atom stereocenters. The zero-order chi connectivity index (χ0) is 22.2. The molecule has 1 N–H and O–H groups in total. The number of hydrogen-bond acceptors (Lipinski definition) is 4. The first-order chi connectivity index (χ1) is 15.5. The van der Waals surface area contributed by atoms with Crippen molar-refractivity contribution in [3.8, 4) is 11.3 Å². The highest BCUT2D eigenvalue weighted by Gasteiger charge is 2.26. The molecule has 7 heteroatoms. The van der Waals surface area contributed by atoms with Crippen LogP contribution in [-0.4, -0.2) is 28.1 Å². The van der Waals surface area contributed by atoms with E-state index in [9.17, 15) is 9.59 Å². The first-order valence-electron chi connectivity index (χ1n) is 10.4. The van der Waals surface area contributed by atoms with E-state index >= 15 is 0 Å². The summed E-state index contributed by atoms with van der Waals surface area (Å²) in [7, 11) is 1.92. The Bertz CT molecular complexity index is 1320. The van der Waals surface area contributed by atoms with Crippen molar-refractivity contribution in [1.82, 2.24) is 9.78 Å². The van der Waals surface area contributed by atoms with Crippen molar-refractivity contribution >= 4 is 34.5 Å². The third-order valence-electron chi connectivity index (χ3n) is 5.70. The normalized spacial score (nSPS) is 12.6. The fraction of sp³-hybridized carbons (Fsp3) is 0.160. The predicted octanol–water partition coefficient (Wildman–Crippen LogP) is 4.91. The maximum atomic E-state index is 13.4. The van der Waals surface area contributed by atoms with Gasteiger partial charge in [0, 0.05) is 41.5 Å². The number of rotatable bonds is 3. The van der Waals surface area contributed by atoms with Crippen LogP contribution in [0.25, 0.3) is 11.3 Å². The number of nitrogens with one attached hydrogen (secondary N) is 1. The summed E-state index contributed by atoms with van der Waals surface area (Å²) in [6, 6.07) is 16.8. The van der Waals surface area contributed by atoms with Crippen molar-refractivity contribution in [1.29, 1.82) is 0 Å². The number of thiophene rings is 1. The first kappa shape index (κ1) is 20.2. The molecule has 2 amide bonds. The van der Waals surface area contributed by atoms with Gasteiger partial charge in [0.2, 0.25) is 0 Å².